The molecule has 8 heteroatoms. The van der Waals surface area contributed by atoms with Crippen LogP contribution in [0.4, 0.5) is 4.39 Å². The standard InChI is InChI=1S/C31H26ClFN2O4/c1-19-14-23(32)9-10-24(19)30(21-6-4-3-5-7-21)34-29(36)16-20-8-11-27-22(15-20)17-28(39-27)31(2,37)25-12-13-35(38)18-26(25)33/h3-15,17-18,30,37H,16H2,1-2H3,(H,34,36). The van der Waals surface area contributed by atoms with Gasteiger partial charge in [0, 0.05) is 22.0 Å². The Kier molecular flexibility index (Phi) is 7.12. The van der Waals surface area contributed by atoms with E-state index in [2.05, 4.69) is 5.32 Å². The molecule has 0 aliphatic heterocycles. The highest BCUT2D eigenvalue weighted by Crippen LogP contribution is 2.35. The maximum Gasteiger partial charge on any atom is 0.225 e. The summed E-state index contributed by atoms with van der Waals surface area (Å²) in [6, 6.07) is 23.1. The molecule has 0 spiro atoms. The van der Waals surface area contributed by atoms with Crippen molar-refractivity contribution >= 4 is 28.5 Å². The number of pyridine rings is 1. The maximum atomic E-state index is 14.4. The average Bonchev–Trinajstić information content (AvgIpc) is 3.32. The van der Waals surface area contributed by atoms with E-state index < -0.39 is 11.4 Å². The minimum Gasteiger partial charge on any atom is -0.619 e. The quantitative estimate of drug-likeness (QED) is 0.198. The monoisotopic (exact) mass is 544 g/mol. The summed E-state index contributed by atoms with van der Waals surface area (Å²) in [7, 11) is 0. The van der Waals surface area contributed by atoms with Crippen molar-refractivity contribution in [2.24, 2.45) is 0 Å². The molecule has 2 N–H and O–H groups in total. The van der Waals surface area contributed by atoms with E-state index in [1.165, 1.54) is 13.0 Å². The van der Waals surface area contributed by atoms with Gasteiger partial charge >= 0.3 is 0 Å². The van der Waals surface area contributed by atoms with E-state index in [0.29, 0.717) is 20.7 Å². The first-order chi connectivity index (χ1) is 18.6. The number of carbonyl (C=O) groups excluding carboxylic acids is 1. The summed E-state index contributed by atoms with van der Waals surface area (Å²) in [6.45, 7) is 3.36. The Morgan fingerprint density at radius 2 is 1.90 bits per heavy atom. The van der Waals surface area contributed by atoms with Gasteiger partial charge in [0.15, 0.2) is 12.0 Å². The normalized spacial score (nSPS) is 13.7. The molecule has 6 nitrogen and oxygen atoms in total. The van der Waals surface area contributed by atoms with E-state index in [4.69, 9.17) is 16.0 Å². The van der Waals surface area contributed by atoms with Crippen molar-refractivity contribution < 1.29 is 23.4 Å². The number of nitrogens with one attached hydrogen (secondary N) is 1. The molecule has 198 valence electrons. The van der Waals surface area contributed by atoms with Crippen molar-refractivity contribution in [3.63, 3.8) is 0 Å². The van der Waals surface area contributed by atoms with Crippen molar-refractivity contribution in [3.8, 4) is 0 Å². The first kappa shape index (κ1) is 26.4. The van der Waals surface area contributed by atoms with E-state index in [0.717, 1.165) is 34.6 Å². The van der Waals surface area contributed by atoms with Crippen LogP contribution in [-0.2, 0) is 16.8 Å². The van der Waals surface area contributed by atoms with E-state index >= 15 is 0 Å². The van der Waals surface area contributed by atoms with Crippen molar-refractivity contribution in [2.45, 2.75) is 31.9 Å². The average molecular weight is 545 g/mol. The zero-order chi connectivity index (χ0) is 27.7. The molecule has 0 aliphatic carbocycles. The smallest absolute Gasteiger partial charge is 0.225 e. The number of benzene rings is 3. The second kappa shape index (κ2) is 10.5. The SMILES string of the molecule is Cc1cc(Cl)ccc1C(NC(=O)Cc1ccc2oc(C(C)(O)c3cc[n+]([O-])cc3F)cc2c1)c1ccccc1. The number of nitrogens with zero attached hydrogens (tertiary/aromatic N) is 1. The largest absolute Gasteiger partial charge is 0.619 e. The van der Waals surface area contributed by atoms with Crippen molar-refractivity contribution in [1.29, 1.82) is 0 Å². The lowest BCUT2D eigenvalue weighted by atomic mass is 9.93. The molecule has 2 atom stereocenters. The van der Waals surface area contributed by atoms with Crippen LogP contribution in [0.3, 0.4) is 0 Å². The number of amides is 1. The molecule has 1 amide bonds. The molecule has 0 fully saturated rings. The molecule has 0 saturated carbocycles. The number of aryl methyl sites for hydroxylation is 1. The molecule has 3 aromatic carbocycles. The molecule has 5 rings (SSSR count). The highest BCUT2D eigenvalue weighted by atomic mass is 35.5. The fraction of sp³-hybridized carbons (Fsp3) is 0.161. The van der Waals surface area contributed by atoms with Gasteiger partial charge in [-0.05, 0) is 66.4 Å². The fourth-order valence-corrected chi connectivity index (χ4v) is 5.00. The molecule has 0 bridgehead atoms. The number of carbonyl (C=O) groups is 1. The number of fused-ring (bicyclic) bond motifs is 1. The van der Waals surface area contributed by atoms with Gasteiger partial charge in [0.1, 0.15) is 16.9 Å². The summed E-state index contributed by atoms with van der Waals surface area (Å²) in [4.78, 5) is 13.2. The molecular formula is C31H26ClFN2O4. The fourth-order valence-electron chi connectivity index (χ4n) is 4.77. The molecule has 39 heavy (non-hydrogen) atoms. The molecule has 0 saturated heterocycles. The van der Waals surface area contributed by atoms with E-state index in [1.807, 2.05) is 55.5 Å². The summed E-state index contributed by atoms with van der Waals surface area (Å²) in [6.07, 6.45) is 1.97. The number of hydrogen-bond acceptors (Lipinski definition) is 4. The Labute approximate surface area is 229 Å². The predicted octanol–water partition coefficient (Wildman–Crippen LogP) is 5.87. The minimum absolute atomic E-state index is 0.0855. The van der Waals surface area contributed by atoms with Crippen LogP contribution >= 0.6 is 11.6 Å². The number of halogens is 2. The van der Waals surface area contributed by atoms with Crippen molar-refractivity contribution in [2.75, 3.05) is 0 Å². The van der Waals surface area contributed by atoms with Gasteiger partial charge in [0.25, 0.3) is 0 Å². The first-order valence-corrected chi connectivity index (χ1v) is 12.7. The number of rotatable bonds is 7. The van der Waals surface area contributed by atoms with Gasteiger partial charge in [-0.25, -0.2) is 0 Å². The predicted molar refractivity (Wildman–Crippen MR) is 147 cm³/mol. The molecule has 5 aromatic rings. The summed E-state index contributed by atoms with van der Waals surface area (Å²) in [5, 5.41) is 26.9. The lowest BCUT2D eigenvalue weighted by Crippen LogP contribution is -2.31. The van der Waals surface area contributed by atoms with Crippen LogP contribution in [0.15, 0.2) is 95.7 Å². The summed E-state index contributed by atoms with van der Waals surface area (Å²) < 4.78 is 20.6. The third-order valence-electron chi connectivity index (χ3n) is 6.82. The number of hydrogen-bond donors (Lipinski definition) is 2. The van der Waals surface area contributed by atoms with Gasteiger partial charge in [0.2, 0.25) is 12.1 Å². The van der Waals surface area contributed by atoms with E-state index in [1.54, 1.807) is 24.3 Å². The first-order valence-electron chi connectivity index (χ1n) is 12.4. The van der Waals surface area contributed by atoms with Crippen LogP contribution in [0.5, 0.6) is 0 Å². The summed E-state index contributed by atoms with van der Waals surface area (Å²) in [5.74, 6) is -0.909. The van der Waals surface area contributed by atoms with Crippen molar-refractivity contribution in [3.05, 3.63) is 141 Å². The van der Waals surface area contributed by atoms with E-state index in [9.17, 15) is 19.5 Å². The van der Waals surface area contributed by atoms with Gasteiger partial charge in [-0.15, -0.1) is 0 Å². The van der Waals surface area contributed by atoms with Crippen molar-refractivity contribution in [1.82, 2.24) is 5.32 Å². The zero-order valence-corrected chi connectivity index (χ0v) is 22.1. The maximum absolute atomic E-state index is 14.4. The van der Waals surface area contributed by atoms with Crippen LogP contribution in [0.25, 0.3) is 11.0 Å². The highest BCUT2D eigenvalue weighted by Gasteiger charge is 2.34. The summed E-state index contributed by atoms with van der Waals surface area (Å²) in [5.41, 5.74) is 2.19. The van der Waals surface area contributed by atoms with Gasteiger partial charge in [-0.1, -0.05) is 54.1 Å². The van der Waals surface area contributed by atoms with Crippen LogP contribution in [0.1, 0.15) is 46.5 Å². The van der Waals surface area contributed by atoms with Gasteiger partial charge in [-0.2, -0.15) is 9.12 Å². The van der Waals surface area contributed by atoms with Gasteiger partial charge in [0.05, 0.1) is 12.5 Å². The second-order valence-electron chi connectivity index (χ2n) is 9.71. The Hall–Kier alpha value is -4.20. The molecule has 2 aromatic heterocycles. The molecule has 0 aliphatic rings. The van der Waals surface area contributed by atoms with Crippen LogP contribution in [-0.4, -0.2) is 11.0 Å². The second-order valence-corrected chi connectivity index (χ2v) is 10.1. The van der Waals surface area contributed by atoms with Crippen LogP contribution in [0.2, 0.25) is 5.02 Å². The third kappa shape index (κ3) is 5.50. The third-order valence-corrected chi connectivity index (χ3v) is 7.05. The summed E-state index contributed by atoms with van der Waals surface area (Å²) >= 11 is 6.16. The lowest BCUT2D eigenvalue weighted by Gasteiger charge is -2.22. The zero-order valence-electron chi connectivity index (χ0n) is 21.3. The Bertz CT molecular complexity index is 1670. The molecule has 2 heterocycles. The van der Waals surface area contributed by atoms with E-state index in [-0.39, 0.29) is 29.7 Å². The van der Waals surface area contributed by atoms with Gasteiger partial charge < -0.3 is 20.0 Å². The van der Waals surface area contributed by atoms with Crippen LogP contribution < -0.4 is 10.0 Å². The molecule has 0 radical (unpaired) electrons. The topological polar surface area (TPSA) is 89.4 Å². The number of aromatic nitrogens is 1. The Balaban J connectivity index is 1.39. The van der Waals surface area contributed by atoms with Gasteiger partial charge in [-0.3, -0.25) is 4.79 Å². The highest BCUT2D eigenvalue weighted by molar-refractivity contribution is 6.30. The van der Waals surface area contributed by atoms with Crippen LogP contribution in [0, 0.1) is 17.9 Å². The number of furan rings is 1. The Morgan fingerprint density at radius 1 is 1.13 bits per heavy atom. The lowest BCUT2D eigenvalue weighted by molar-refractivity contribution is -0.607. The Morgan fingerprint density at radius 3 is 2.62 bits per heavy atom. The molecule has 2 unspecified atom stereocenters. The minimum atomic E-state index is -1.81. The number of aliphatic hydroxyl groups is 1. The molecular weight excluding hydrogens is 519 g/mol.